The molecule has 0 aromatic heterocycles. The average Bonchev–Trinajstić information content (AvgIpc) is 1.99. The first-order chi connectivity index (χ1) is 5.15. The first-order valence-corrected chi connectivity index (χ1v) is 3.64. The monoisotopic (exact) mass is 164 g/mol. The maximum Gasteiger partial charge on any atom is 0.184 e. The predicted molar refractivity (Wildman–Crippen MR) is 35.3 cm³/mol. The van der Waals surface area contributed by atoms with Crippen molar-refractivity contribution < 1.29 is 25.8 Å². The third kappa shape index (κ3) is 1.88. The topological polar surface area (TPSA) is 97.6 Å². The van der Waals surface area contributed by atoms with Crippen LogP contribution in [0.15, 0.2) is 0 Å². The highest BCUT2D eigenvalue weighted by molar-refractivity contribution is 4.79. The van der Waals surface area contributed by atoms with Crippen LogP contribution in [0.25, 0.3) is 0 Å². The molecule has 0 bridgehead atoms. The van der Waals surface area contributed by atoms with Crippen LogP contribution in [0.1, 0.15) is 6.42 Å². The second-order valence-corrected chi connectivity index (χ2v) is 2.73. The molecule has 1 aliphatic rings. The number of quaternary nitrogens is 1. The van der Waals surface area contributed by atoms with Gasteiger partial charge in [0, 0.05) is 6.42 Å². The van der Waals surface area contributed by atoms with E-state index in [0.717, 1.165) is 0 Å². The first kappa shape index (κ1) is 8.89. The van der Waals surface area contributed by atoms with Gasteiger partial charge in [0.05, 0.1) is 6.10 Å². The molecular formula is C6H14NO4+. The van der Waals surface area contributed by atoms with E-state index < -0.39 is 18.5 Å². The molecule has 5 heteroatoms. The smallest absolute Gasteiger partial charge is 0.184 e. The van der Waals surface area contributed by atoms with Crippen LogP contribution in [-0.4, -0.2) is 46.5 Å². The number of rotatable bonds is 1. The number of ether oxygens (including phenoxy) is 1. The van der Waals surface area contributed by atoms with Crippen molar-refractivity contribution in [1.82, 2.24) is 0 Å². The predicted octanol–water partition coefficient (Wildman–Crippen LogP) is -2.94. The Morgan fingerprint density at radius 3 is 2.45 bits per heavy atom. The lowest BCUT2D eigenvalue weighted by Crippen LogP contribution is -2.60. The Morgan fingerprint density at radius 2 is 2.00 bits per heavy atom. The van der Waals surface area contributed by atoms with Crippen molar-refractivity contribution in [3.63, 3.8) is 0 Å². The van der Waals surface area contributed by atoms with E-state index in [0.29, 0.717) is 13.0 Å². The Kier molecular flexibility index (Phi) is 2.80. The Bertz CT molecular complexity index is 120. The molecule has 1 rings (SSSR count). The normalized spacial score (nSPS) is 45.8. The standard InChI is InChI=1S/C6H13NO4/c7-2-3-1-4(8)5(9)6(10)11-3/h3-6,8-10H,1-2,7H2/p+1/t3?,4-,5?,6-/m0/s1. The second-order valence-electron chi connectivity index (χ2n) is 2.73. The minimum atomic E-state index is -1.27. The molecule has 0 radical (unpaired) electrons. The summed E-state index contributed by atoms with van der Waals surface area (Å²) in [6.07, 6.45) is -3.26. The Balaban J connectivity index is 2.47. The van der Waals surface area contributed by atoms with Gasteiger partial charge in [-0.25, -0.2) is 0 Å². The van der Waals surface area contributed by atoms with Crippen LogP contribution < -0.4 is 5.73 Å². The van der Waals surface area contributed by atoms with E-state index in [1.165, 1.54) is 0 Å². The fourth-order valence-corrected chi connectivity index (χ4v) is 1.12. The Labute approximate surface area is 64.4 Å². The van der Waals surface area contributed by atoms with Crippen LogP contribution in [0.4, 0.5) is 0 Å². The van der Waals surface area contributed by atoms with E-state index in [2.05, 4.69) is 5.73 Å². The summed E-state index contributed by atoms with van der Waals surface area (Å²) in [7, 11) is 0. The molecule has 0 aliphatic carbocycles. The van der Waals surface area contributed by atoms with Crippen LogP contribution in [0.3, 0.4) is 0 Å². The number of aliphatic hydroxyl groups is 3. The molecule has 1 fully saturated rings. The third-order valence-corrected chi connectivity index (χ3v) is 1.84. The Hall–Kier alpha value is -0.200. The van der Waals surface area contributed by atoms with Gasteiger partial charge in [0.2, 0.25) is 0 Å². The second kappa shape index (κ2) is 3.46. The molecule has 11 heavy (non-hydrogen) atoms. The van der Waals surface area contributed by atoms with E-state index in [-0.39, 0.29) is 6.10 Å². The molecule has 1 heterocycles. The van der Waals surface area contributed by atoms with E-state index in [1.807, 2.05) is 0 Å². The van der Waals surface area contributed by atoms with Crippen molar-refractivity contribution in [2.75, 3.05) is 6.54 Å². The van der Waals surface area contributed by atoms with E-state index in [9.17, 15) is 0 Å². The molecule has 4 atom stereocenters. The fourth-order valence-electron chi connectivity index (χ4n) is 1.12. The molecule has 6 N–H and O–H groups in total. The van der Waals surface area contributed by atoms with Crippen LogP contribution in [-0.2, 0) is 4.74 Å². The lowest BCUT2D eigenvalue weighted by atomic mass is 10.0. The molecule has 5 nitrogen and oxygen atoms in total. The molecule has 0 aromatic rings. The van der Waals surface area contributed by atoms with Crippen molar-refractivity contribution in [2.24, 2.45) is 0 Å². The highest BCUT2D eigenvalue weighted by Crippen LogP contribution is 2.17. The maximum atomic E-state index is 9.13. The van der Waals surface area contributed by atoms with E-state index >= 15 is 0 Å². The van der Waals surface area contributed by atoms with Crippen molar-refractivity contribution in [3.8, 4) is 0 Å². The van der Waals surface area contributed by atoms with Gasteiger partial charge < -0.3 is 25.8 Å². The summed E-state index contributed by atoms with van der Waals surface area (Å²) >= 11 is 0. The largest absolute Gasteiger partial charge is 0.390 e. The van der Waals surface area contributed by atoms with Gasteiger partial charge in [0.15, 0.2) is 6.29 Å². The van der Waals surface area contributed by atoms with Gasteiger partial charge in [-0.15, -0.1) is 0 Å². The van der Waals surface area contributed by atoms with Gasteiger partial charge in [-0.05, 0) is 0 Å². The third-order valence-electron chi connectivity index (χ3n) is 1.84. The molecule has 1 aliphatic heterocycles. The summed E-state index contributed by atoms with van der Waals surface area (Å²) in [5, 5.41) is 27.1. The molecule has 1 saturated heterocycles. The zero-order valence-electron chi connectivity index (χ0n) is 6.18. The van der Waals surface area contributed by atoms with Gasteiger partial charge in [0.1, 0.15) is 18.8 Å². The minimum absolute atomic E-state index is 0.247. The molecule has 0 spiro atoms. The number of hydrogen-bond donors (Lipinski definition) is 4. The van der Waals surface area contributed by atoms with Gasteiger partial charge in [-0.1, -0.05) is 0 Å². The quantitative estimate of drug-likeness (QED) is 0.333. The van der Waals surface area contributed by atoms with Crippen molar-refractivity contribution in [1.29, 1.82) is 0 Å². The van der Waals surface area contributed by atoms with Gasteiger partial charge in [0.25, 0.3) is 0 Å². The van der Waals surface area contributed by atoms with Gasteiger partial charge in [-0.2, -0.15) is 0 Å². The van der Waals surface area contributed by atoms with E-state index in [4.69, 9.17) is 20.1 Å². The van der Waals surface area contributed by atoms with Crippen LogP contribution >= 0.6 is 0 Å². The molecule has 0 saturated carbocycles. The fraction of sp³-hybridized carbons (Fsp3) is 1.00. The molecular weight excluding hydrogens is 150 g/mol. The number of hydrogen-bond acceptors (Lipinski definition) is 4. The average molecular weight is 164 g/mol. The lowest BCUT2D eigenvalue weighted by molar-refractivity contribution is -0.402. The maximum absolute atomic E-state index is 9.13. The van der Waals surface area contributed by atoms with Gasteiger partial charge >= 0.3 is 0 Å². The van der Waals surface area contributed by atoms with Gasteiger partial charge in [-0.3, -0.25) is 0 Å². The van der Waals surface area contributed by atoms with Crippen LogP contribution in [0.5, 0.6) is 0 Å². The number of aliphatic hydroxyl groups excluding tert-OH is 3. The molecule has 2 unspecified atom stereocenters. The zero-order valence-corrected chi connectivity index (χ0v) is 6.18. The molecule has 0 aromatic carbocycles. The van der Waals surface area contributed by atoms with Crippen molar-refractivity contribution in [3.05, 3.63) is 0 Å². The Morgan fingerprint density at radius 1 is 1.36 bits per heavy atom. The molecule has 66 valence electrons. The lowest BCUT2D eigenvalue weighted by Gasteiger charge is -2.32. The van der Waals surface area contributed by atoms with Crippen LogP contribution in [0, 0.1) is 0 Å². The highest BCUT2D eigenvalue weighted by Gasteiger charge is 2.35. The zero-order chi connectivity index (χ0) is 8.43. The first-order valence-electron chi connectivity index (χ1n) is 3.64. The summed E-state index contributed by atoms with van der Waals surface area (Å²) in [4.78, 5) is 0. The molecule has 0 amide bonds. The summed E-state index contributed by atoms with van der Waals surface area (Å²) in [5.74, 6) is 0. The summed E-state index contributed by atoms with van der Waals surface area (Å²) < 4.78 is 4.90. The SMILES string of the molecule is [NH3+]CC1C[C@H](O)C(O)[C@@H](O)O1. The van der Waals surface area contributed by atoms with Crippen molar-refractivity contribution in [2.45, 2.75) is 31.0 Å². The highest BCUT2D eigenvalue weighted by atomic mass is 16.6. The van der Waals surface area contributed by atoms with Crippen molar-refractivity contribution >= 4 is 0 Å². The van der Waals surface area contributed by atoms with E-state index in [1.54, 1.807) is 0 Å². The minimum Gasteiger partial charge on any atom is -0.390 e. The summed E-state index contributed by atoms with van der Waals surface area (Å²) in [5.41, 5.74) is 3.57. The summed E-state index contributed by atoms with van der Waals surface area (Å²) in [6, 6.07) is 0. The van der Waals surface area contributed by atoms with Crippen LogP contribution in [0.2, 0.25) is 0 Å². The summed E-state index contributed by atoms with van der Waals surface area (Å²) in [6.45, 7) is 0.487.